The SMILES string of the molecule is CC(C)CNCC(=O)O. The fourth-order valence-electron chi connectivity index (χ4n) is 0.468. The van der Waals surface area contributed by atoms with Crippen molar-refractivity contribution in [1.29, 1.82) is 0 Å². The summed E-state index contributed by atoms with van der Waals surface area (Å²) in [6, 6.07) is 0. The number of carbonyl (C=O) groups is 1. The van der Waals surface area contributed by atoms with Gasteiger partial charge in [0.25, 0.3) is 0 Å². The summed E-state index contributed by atoms with van der Waals surface area (Å²) in [5.74, 6) is -0.278. The first kappa shape index (κ1) is 8.43. The molecule has 0 unspecified atom stereocenters. The molecule has 2 N–H and O–H groups in total. The fraction of sp³-hybridized carbons (Fsp3) is 0.833. The van der Waals surface area contributed by atoms with E-state index in [1.807, 2.05) is 13.8 Å². The molecule has 0 saturated carbocycles. The Balaban J connectivity index is 3.01. The summed E-state index contributed by atoms with van der Waals surface area (Å²) >= 11 is 0. The molecule has 0 saturated heterocycles. The molecular weight excluding hydrogens is 118 g/mol. The number of rotatable bonds is 4. The van der Waals surface area contributed by atoms with Gasteiger partial charge in [-0.2, -0.15) is 0 Å². The Hall–Kier alpha value is -0.570. The van der Waals surface area contributed by atoms with Gasteiger partial charge in [0.1, 0.15) is 0 Å². The quantitative estimate of drug-likeness (QED) is 0.577. The second-order valence-electron chi connectivity index (χ2n) is 2.42. The maximum absolute atomic E-state index is 9.92. The summed E-state index contributed by atoms with van der Waals surface area (Å²) in [6.45, 7) is 4.91. The summed E-state index contributed by atoms with van der Waals surface area (Å²) in [7, 11) is 0. The first-order chi connectivity index (χ1) is 4.13. The van der Waals surface area contributed by atoms with Crippen LogP contribution in [0.3, 0.4) is 0 Å². The van der Waals surface area contributed by atoms with Crippen molar-refractivity contribution in [3.05, 3.63) is 0 Å². The van der Waals surface area contributed by atoms with Crippen LogP contribution in [0, 0.1) is 5.92 Å². The lowest BCUT2D eigenvalue weighted by atomic mass is 10.2. The topological polar surface area (TPSA) is 49.3 Å². The zero-order chi connectivity index (χ0) is 7.28. The van der Waals surface area contributed by atoms with Gasteiger partial charge in [-0.05, 0) is 12.5 Å². The first-order valence-electron chi connectivity index (χ1n) is 3.05. The van der Waals surface area contributed by atoms with Crippen molar-refractivity contribution >= 4 is 5.97 Å². The van der Waals surface area contributed by atoms with E-state index in [1.54, 1.807) is 0 Å². The summed E-state index contributed by atoms with van der Waals surface area (Å²) in [6.07, 6.45) is 0. The Labute approximate surface area is 55.1 Å². The van der Waals surface area contributed by atoms with Gasteiger partial charge in [0, 0.05) is 0 Å². The third-order valence-corrected chi connectivity index (χ3v) is 0.829. The van der Waals surface area contributed by atoms with Crippen LogP contribution in [0.15, 0.2) is 0 Å². The molecule has 3 heteroatoms. The van der Waals surface area contributed by atoms with Crippen LogP contribution >= 0.6 is 0 Å². The molecule has 0 radical (unpaired) electrons. The minimum absolute atomic E-state index is 0.0676. The summed E-state index contributed by atoms with van der Waals surface area (Å²) < 4.78 is 0. The molecule has 0 rings (SSSR count). The number of carboxylic acids is 1. The van der Waals surface area contributed by atoms with Crippen LogP contribution in [0.25, 0.3) is 0 Å². The standard InChI is InChI=1S/C6H13NO2/c1-5(2)3-7-4-6(8)9/h5,7H,3-4H2,1-2H3,(H,8,9). The van der Waals surface area contributed by atoms with E-state index < -0.39 is 5.97 Å². The van der Waals surface area contributed by atoms with Crippen LogP contribution in [0.5, 0.6) is 0 Å². The lowest BCUT2D eigenvalue weighted by molar-refractivity contribution is -0.135. The van der Waals surface area contributed by atoms with Gasteiger partial charge in [-0.1, -0.05) is 13.8 Å². The highest BCUT2D eigenvalue weighted by Crippen LogP contribution is 1.85. The van der Waals surface area contributed by atoms with Crippen molar-refractivity contribution in [3.8, 4) is 0 Å². The molecular formula is C6H13NO2. The monoisotopic (exact) mass is 131 g/mol. The Morgan fingerprint density at radius 3 is 2.56 bits per heavy atom. The predicted octanol–water partition coefficient (Wildman–Crippen LogP) is 0.317. The Bertz CT molecular complexity index is 91.1. The molecule has 0 aromatic carbocycles. The zero-order valence-electron chi connectivity index (χ0n) is 5.85. The second kappa shape index (κ2) is 4.32. The molecule has 0 amide bonds. The average molecular weight is 131 g/mol. The number of carboxylic acid groups (broad SMARTS) is 1. The minimum atomic E-state index is -0.796. The molecule has 0 aliphatic rings. The minimum Gasteiger partial charge on any atom is -0.480 e. The molecule has 0 bridgehead atoms. The second-order valence-corrected chi connectivity index (χ2v) is 2.42. The predicted molar refractivity (Wildman–Crippen MR) is 35.3 cm³/mol. The normalized spacial score (nSPS) is 10.1. The van der Waals surface area contributed by atoms with E-state index in [9.17, 15) is 4.79 Å². The third-order valence-electron chi connectivity index (χ3n) is 0.829. The van der Waals surface area contributed by atoms with Gasteiger partial charge in [-0.3, -0.25) is 4.79 Å². The number of hydrogen-bond acceptors (Lipinski definition) is 2. The van der Waals surface area contributed by atoms with Crippen LogP contribution in [-0.4, -0.2) is 24.2 Å². The van der Waals surface area contributed by atoms with Crippen molar-refractivity contribution in [2.24, 2.45) is 5.92 Å². The molecule has 0 aliphatic carbocycles. The highest BCUT2D eigenvalue weighted by atomic mass is 16.4. The number of hydrogen-bond donors (Lipinski definition) is 2. The molecule has 0 aromatic rings. The van der Waals surface area contributed by atoms with E-state index in [4.69, 9.17) is 5.11 Å². The zero-order valence-corrected chi connectivity index (χ0v) is 5.85. The van der Waals surface area contributed by atoms with Crippen molar-refractivity contribution < 1.29 is 9.90 Å². The maximum Gasteiger partial charge on any atom is 0.317 e. The van der Waals surface area contributed by atoms with Crippen LogP contribution in [0.1, 0.15) is 13.8 Å². The lowest BCUT2D eigenvalue weighted by Crippen LogP contribution is -2.26. The first-order valence-corrected chi connectivity index (χ1v) is 3.05. The highest BCUT2D eigenvalue weighted by molar-refractivity contribution is 5.68. The molecule has 0 aromatic heterocycles. The summed E-state index contributed by atoms with van der Waals surface area (Å²) in [4.78, 5) is 9.92. The molecule has 3 nitrogen and oxygen atoms in total. The third kappa shape index (κ3) is 7.43. The van der Waals surface area contributed by atoms with Gasteiger partial charge in [0.2, 0.25) is 0 Å². The Morgan fingerprint density at radius 1 is 1.67 bits per heavy atom. The smallest absolute Gasteiger partial charge is 0.317 e. The van der Waals surface area contributed by atoms with Gasteiger partial charge < -0.3 is 10.4 Å². The Morgan fingerprint density at radius 2 is 2.22 bits per heavy atom. The molecule has 0 heterocycles. The molecule has 0 atom stereocenters. The van der Waals surface area contributed by atoms with Crippen molar-refractivity contribution in [2.75, 3.05) is 13.1 Å². The van der Waals surface area contributed by atoms with Crippen LogP contribution < -0.4 is 5.32 Å². The molecule has 0 spiro atoms. The van der Waals surface area contributed by atoms with Crippen molar-refractivity contribution in [3.63, 3.8) is 0 Å². The summed E-state index contributed by atoms with van der Waals surface area (Å²) in [5.41, 5.74) is 0. The van der Waals surface area contributed by atoms with E-state index >= 15 is 0 Å². The Kier molecular flexibility index (Phi) is 4.05. The van der Waals surface area contributed by atoms with Gasteiger partial charge in [-0.25, -0.2) is 0 Å². The van der Waals surface area contributed by atoms with Crippen LogP contribution in [0.2, 0.25) is 0 Å². The molecule has 54 valence electrons. The van der Waals surface area contributed by atoms with Crippen LogP contribution in [-0.2, 0) is 4.79 Å². The fourth-order valence-corrected chi connectivity index (χ4v) is 0.468. The van der Waals surface area contributed by atoms with Crippen molar-refractivity contribution in [2.45, 2.75) is 13.8 Å². The van der Waals surface area contributed by atoms with E-state index in [0.29, 0.717) is 5.92 Å². The van der Waals surface area contributed by atoms with E-state index in [1.165, 1.54) is 0 Å². The highest BCUT2D eigenvalue weighted by Gasteiger charge is 1.95. The van der Waals surface area contributed by atoms with Crippen molar-refractivity contribution in [1.82, 2.24) is 5.32 Å². The lowest BCUT2D eigenvalue weighted by Gasteiger charge is -2.02. The van der Waals surface area contributed by atoms with Crippen LogP contribution in [0.4, 0.5) is 0 Å². The molecule has 0 aliphatic heterocycles. The van der Waals surface area contributed by atoms with Gasteiger partial charge in [-0.15, -0.1) is 0 Å². The van der Waals surface area contributed by atoms with Gasteiger partial charge in [0.05, 0.1) is 6.54 Å². The van der Waals surface area contributed by atoms with E-state index in [2.05, 4.69) is 5.32 Å². The molecule has 9 heavy (non-hydrogen) atoms. The van der Waals surface area contributed by atoms with E-state index in [0.717, 1.165) is 6.54 Å². The van der Waals surface area contributed by atoms with Gasteiger partial charge >= 0.3 is 5.97 Å². The molecule has 0 fully saturated rings. The maximum atomic E-state index is 9.92. The summed E-state index contributed by atoms with van der Waals surface area (Å²) in [5, 5.41) is 10.9. The van der Waals surface area contributed by atoms with Gasteiger partial charge in [0.15, 0.2) is 0 Å². The number of nitrogens with one attached hydrogen (secondary N) is 1. The van der Waals surface area contributed by atoms with E-state index in [-0.39, 0.29) is 6.54 Å². The largest absolute Gasteiger partial charge is 0.480 e. The number of aliphatic carboxylic acids is 1. The average Bonchev–Trinajstić information content (AvgIpc) is 1.63.